The Kier molecular flexibility index (Phi) is 3.51. The fourth-order valence-electron chi connectivity index (χ4n) is 3.59. The van der Waals surface area contributed by atoms with Gasteiger partial charge in [0.05, 0.1) is 6.61 Å². The summed E-state index contributed by atoms with van der Waals surface area (Å²) in [4.78, 5) is 2.44. The van der Waals surface area contributed by atoms with Crippen LogP contribution in [0, 0.1) is 0 Å². The molecule has 2 aromatic rings. The molecule has 0 radical (unpaired) electrons. The van der Waals surface area contributed by atoms with Crippen molar-refractivity contribution >= 4 is 5.69 Å². The maximum atomic E-state index is 6.22. The summed E-state index contributed by atoms with van der Waals surface area (Å²) in [5.41, 5.74) is 11.7. The van der Waals surface area contributed by atoms with Gasteiger partial charge >= 0.3 is 0 Å². The molecule has 2 aromatic carbocycles. The minimum Gasteiger partial charge on any atom is -0.493 e. The fourth-order valence-corrected chi connectivity index (χ4v) is 3.59. The van der Waals surface area contributed by atoms with Crippen molar-refractivity contribution in [2.24, 2.45) is 5.73 Å². The van der Waals surface area contributed by atoms with Crippen molar-refractivity contribution < 1.29 is 4.74 Å². The van der Waals surface area contributed by atoms with Gasteiger partial charge in [-0.15, -0.1) is 0 Å². The van der Waals surface area contributed by atoms with Crippen LogP contribution in [0.2, 0.25) is 0 Å². The number of hydrogen-bond acceptors (Lipinski definition) is 3. The molecule has 4 rings (SSSR count). The smallest absolute Gasteiger partial charge is 0.122 e. The first kappa shape index (κ1) is 13.6. The first-order chi connectivity index (χ1) is 10.8. The third kappa shape index (κ3) is 2.57. The molecule has 114 valence electrons. The molecule has 0 saturated carbocycles. The molecule has 0 bridgehead atoms. The largest absolute Gasteiger partial charge is 0.493 e. The van der Waals surface area contributed by atoms with Crippen LogP contribution in [0.15, 0.2) is 42.5 Å². The molecule has 2 N–H and O–H groups in total. The number of para-hydroxylation sites is 1. The maximum absolute atomic E-state index is 6.22. The Morgan fingerprint density at radius 2 is 2.05 bits per heavy atom. The van der Waals surface area contributed by atoms with Crippen LogP contribution in [0.3, 0.4) is 0 Å². The van der Waals surface area contributed by atoms with E-state index in [1.165, 1.54) is 22.4 Å². The van der Waals surface area contributed by atoms with Gasteiger partial charge in [-0.1, -0.05) is 30.3 Å². The lowest BCUT2D eigenvalue weighted by molar-refractivity contribution is 0.357. The predicted molar refractivity (Wildman–Crippen MR) is 89.7 cm³/mol. The van der Waals surface area contributed by atoms with E-state index in [-0.39, 0.29) is 6.04 Å². The van der Waals surface area contributed by atoms with Crippen molar-refractivity contribution in [3.05, 3.63) is 59.2 Å². The van der Waals surface area contributed by atoms with Crippen LogP contribution in [0.1, 0.15) is 16.7 Å². The number of nitrogens with two attached hydrogens (primary N) is 1. The van der Waals surface area contributed by atoms with Crippen LogP contribution in [0.25, 0.3) is 0 Å². The molecule has 0 amide bonds. The lowest BCUT2D eigenvalue weighted by Crippen LogP contribution is -2.44. The molecular weight excluding hydrogens is 272 g/mol. The Morgan fingerprint density at radius 3 is 3.00 bits per heavy atom. The summed E-state index contributed by atoms with van der Waals surface area (Å²) in [5.74, 6) is 1.06. The number of ether oxygens (including phenoxy) is 1. The van der Waals surface area contributed by atoms with Crippen LogP contribution in [-0.2, 0) is 19.3 Å². The second-order valence-electron chi connectivity index (χ2n) is 6.33. The summed E-state index contributed by atoms with van der Waals surface area (Å²) in [6.45, 7) is 2.79. The fraction of sp³-hybridized carbons (Fsp3) is 0.368. The Labute approximate surface area is 131 Å². The third-order valence-electron chi connectivity index (χ3n) is 4.69. The van der Waals surface area contributed by atoms with Gasteiger partial charge in [0.15, 0.2) is 0 Å². The molecular formula is C19H22N2O. The van der Waals surface area contributed by atoms with Crippen molar-refractivity contribution in [1.29, 1.82) is 0 Å². The van der Waals surface area contributed by atoms with E-state index in [1.54, 1.807) is 0 Å². The van der Waals surface area contributed by atoms with Gasteiger partial charge in [-0.3, -0.25) is 0 Å². The van der Waals surface area contributed by atoms with E-state index in [9.17, 15) is 0 Å². The minimum atomic E-state index is 0.239. The molecule has 2 aliphatic heterocycles. The Morgan fingerprint density at radius 1 is 1.14 bits per heavy atom. The summed E-state index contributed by atoms with van der Waals surface area (Å²) in [6, 6.07) is 15.5. The summed E-state index contributed by atoms with van der Waals surface area (Å²) in [7, 11) is 0. The Hall–Kier alpha value is -2.00. The standard InChI is InChI=1S/C19H22N2O/c20-17-12-15-3-1-2-4-18(15)21(13-17)9-7-14-5-6-19-16(11-14)8-10-22-19/h1-6,11,17H,7-10,12-13,20H2. The number of rotatable bonds is 3. The van der Waals surface area contributed by atoms with Crippen molar-refractivity contribution in [3.63, 3.8) is 0 Å². The minimum absolute atomic E-state index is 0.239. The van der Waals surface area contributed by atoms with Gasteiger partial charge in [-0.25, -0.2) is 0 Å². The second-order valence-corrected chi connectivity index (χ2v) is 6.33. The Bertz CT molecular complexity index is 683. The van der Waals surface area contributed by atoms with Crippen LogP contribution < -0.4 is 15.4 Å². The van der Waals surface area contributed by atoms with Gasteiger partial charge in [0.1, 0.15) is 5.75 Å². The quantitative estimate of drug-likeness (QED) is 0.945. The average molecular weight is 294 g/mol. The van der Waals surface area contributed by atoms with Crippen LogP contribution in [-0.4, -0.2) is 25.7 Å². The van der Waals surface area contributed by atoms with Gasteiger partial charge in [-0.05, 0) is 41.7 Å². The van der Waals surface area contributed by atoms with E-state index < -0.39 is 0 Å². The van der Waals surface area contributed by atoms with E-state index >= 15 is 0 Å². The molecule has 2 aliphatic rings. The van der Waals surface area contributed by atoms with Crippen LogP contribution in [0.5, 0.6) is 5.75 Å². The summed E-state index contributed by atoms with van der Waals surface area (Å²) < 4.78 is 5.58. The summed E-state index contributed by atoms with van der Waals surface area (Å²) in [6.07, 6.45) is 3.08. The molecule has 0 spiro atoms. The van der Waals surface area contributed by atoms with Crippen LogP contribution in [0.4, 0.5) is 5.69 Å². The molecule has 0 saturated heterocycles. The first-order valence-corrected chi connectivity index (χ1v) is 8.12. The van der Waals surface area contributed by atoms with Crippen molar-refractivity contribution in [2.75, 3.05) is 24.6 Å². The van der Waals surface area contributed by atoms with Gasteiger partial charge < -0.3 is 15.4 Å². The monoisotopic (exact) mass is 294 g/mol. The highest BCUT2D eigenvalue weighted by Gasteiger charge is 2.21. The lowest BCUT2D eigenvalue weighted by atomic mass is 9.97. The number of benzene rings is 2. The SMILES string of the molecule is NC1Cc2ccccc2N(CCc2ccc3c(c2)CCO3)C1. The van der Waals surface area contributed by atoms with Gasteiger partial charge in [0, 0.05) is 31.2 Å². The molecule has 22 heavy (non-hydrogen) atoms. The zero-order valence-corrected chi connectivity index (χ0v) is 12.8. The zero-order chi connectivity index (χ0) is 14.9. The van der Waals surface area contributed by atoms with Crippen LogP contribution >= 0.6 is 0 Å². The van der Waals surface area contributed by atoms with E-state index in [4.69, 9.17) is 10.5 Å². The van der Waals surface area contributed by atoms with E-state index in [0.29, 0.717) is 0 Å². The molecule has 1 unspecified atom stereocenters. The molecule has 3 nitrogen and oxygen atoms in total. The highest BCUT2D eigenvalue weighted by molar-refractivity contribution is 5.56. The summed E-state index contributed by atoms with van der Waals surface area (Å²) in [5, 5.41) is 0. The molecule has 3 heteroatoms. The Balaban J connectivity index is 1.50. The number of anilines is 1. The second kappa shape index (κ2) is 5.65. The highest BCUT2D eigenvalue weighted by atomic mass is 16.5. The molecule has 0 aliphatic carbocycles. The zero-order valence-electron chi connectivity index (χ0n) is 12.8. The van der Waals surface area contributed by atoms with Gasteiger partial charge in [-0.2, -0.15) is 0 Å². The van der Waals surface area contributed by atoms with Crippen molar-refractivity contribution in [3.8, 4) is 5.75 Å². The highest BCUT2D eigenvalue weighted by Crippen LogP contribution is 2.28. The van der Waals surface area contributed by atoms with E-state index in [1.807, 2.05) is 0 Å². The van der Waals surface area contributed by atoms with Gasteiger partial charge in [0.25, 0.3) is 0 Å². The third-order valence-corrected chi connectivity index (χ3v) is 4.69. The number of fused-ring (bicyclic) bond motifs is 2. The molecule has 0 fully saturated rings. The topological polar surface area (TPSA) is 38.5 Å². The van der Waals surface area contributed by atoms with E-state index in [2.05, 4.69) is 47.4 Å². The predicted octanol–water partition coefficient (Wildman–Crippen LogP) is 2.55. The normalized spacial score (nSPS) is 19.5. The van der Waals surface area contributed by atoms with E-state index in [0.717, 1.165) is 44.7 Å². The van der Waals surface area contributed by atoms with Gasteiger partial charge in [0.2, 0.25) is 0 Å². The number of nitrogens with zero attached hydrogens (tertiary/aromatic N) is 1. The first-order valence-electron chi connectivity index (χ1n) is 8.12. The maximum Gasteiger partial charge on any atom is 0.122 e. The lowest BCUT2D eigenvalue weighted by Gasteiger charge is -2.34. The molecule has 0 aromatic heterocycles. The summed E-state index contributed by atoms with van der Waals surface area (Å²) >= 11 is 0. The van der Waals surface area contributed by atoms with Crippen molar-refractivity contribution in [1.82, 2.24) is 0 Å². The number of hydrogen-bond donors (Lipinski definition) is 1. The molecule has 2 heterocycles. The molecule has 1 atom stereocenters. The van der Waals surface area contributed by atoms with Crippen molar-refractivity contribution in [2.45, 2.75) is 25.3 Å². The average Bonchev–Trinajstić information content (AvgIpc) is 3.00.